The molecule has 3 unspecified atom stereocenters. The summed E-state index contributed by atoms with van der Waals surface area (Å²) in [6, 6.07) is 10.5. The normalized spacial score (nSPS) is 16.2. The molecule has 3 heteroatoms. The summed E-state index contributed by atoms with van der Waals surface area (Å²) in [5.41, 5.74) is 1.17. The number of hydrogen-bond acceptors (Lipinski definition) is 2. The monoisotopic (exact) mass is 267 g/mol. The molecule has 1 rings (SSSR count). The smallest absolute Gasteiger partial charge is 0.0501 e. The molecule has 0 fully saturated rings. The van der Waals surface area contributed by atoms with Crippen LogP contribution in [0, 0.1) is 0 Å². The van der Waals surface area contributed by atoms with Gasteiger partial charge in [-0.25, -0.2) is 0 Å². The second kappa shape index (κ2) is 8.44. The van der Waals surface area contributed by atoms with E-state index in [9.17, 15) is 4.21 Å². The summed E-state index contributed by atoms with van der Waals surface area (Å²) in [5, 5.41) is 3.57. The Hall–Kier alpha value is -0.670. The zero-order valence-corrected chi connectivity index (χ0v) is 12.5. The summed E-state index contributed by atoms with van der Waals surface area (Å²) in [5.74, 6) is 0.668. The highest BCUT2D eigenvalue weighted by Gasteiger charge is 2.23. The van der Waals surface area contributed by atoms with Gasteiger partial charge in [0.2, 0.25) is 0 Å². The standard InChI is InChI=1S/C15H25NOS/c1-4-9-14(16-3)15(5-2)18(17)12-13-10-7-6-8-11-13/h6-8,10-11,14-16H,4-5,9,12H2,1-3H3. The molecule has 1 aromatic rings. The van der Waals surface area contributed by atoms with E-state index in [1.54, 1.807) is 0 Å². The molecule has 3 atom stereocenters. The van der Waals surface area contributed by atoms with Gasteiger partial charge in [-0.3, -0.25) is 4.21 Å². The van der Waals surface area contributed by atoms with Gasteiger partial charge in [0.25, 0.3) is 0 Å². The van der Waals surface area contributed by atoms with Crippen LogP contribution in [0.1, 0.15) is 38.7 Å². The molecule has 2 nitrogen and oxygen atoms in total. The van der Waals surface area contributed by atoms with Crippen molar-refractivity contribution >= 4 is 10.8 Å². The molecule has 0 saturated heterocycles. The van der Waals surface area contributed by atoms with Crippen molar-refractivity contribution in [2.45, 2.75) is 50.2 Å². The van der Waals surface area contributed by atoms with Crippen molar-refractivity contribution in [1.29, 1.82) is 0 Å². The highest BCUT2D eigenvalue weighted by Crippen LogP contribution is 2.16. The zero-order valence-electron chi connectivity index (χ0n) is 11.7. The third-order valence-corrected chi connectivity index (χ3v) is 5.27. The zero-order chi connectivity index (χ0) is 13.4. The van der Waals surface area contributed by atoms with Crippen LogP contribution in [0.5, 0.6) is 0 Å². The molecule has 0 saturated carbocycles. The average molecular weight is 267 g/mol. The van der Waals surface area contributed by atoms with Crippen LogP contribution in [0.15, 0.2) is 30.3 Å². The molecule has 0 aliphatic carbocycles. The van der Waals surface area contributed by atoms with Crippen molar-refractivity contribution < 1.29 is 4.21 Å². The Morgan fingerprint density at radius 3 is 2.39 bits per heavy atom. The third kappa shape index (κ3) is 4.54. The fourth-order valence-corrected chi connectivity index (χ4v) is 4.07. The van der Waals surface area contributed by atoms with Crippen LogP contribution in [0.3, 0.4) is 0 Å². The van der Waals surface area contributed by atoms with Crippen LogP contribution in [-0.4, -0.2) is 22.5 Å². The van der Waals surface area contributed by atoms with Crippen LogP contribution in [0.2, 0.25) is 0 Å². The molecule has 0 radical (unpaired) electrons. The molecule has 0 spiro atoms. The molecule has 0 aliphatic heterocycles. The Morgan fingerprint density at radius 2 is 1.89 bits per heavy atom. The van der Waals surface area contributed by atoms with Crippen molar-refractivity contribution in [3.63, 3.8) is 0 Å². The average Bonchev–Trinajstić information content (AvgIpc) is 2.39. The Kier molecular flexibility index (Phi) is 7.21. The topological polar surface area (TPSA) is 29.1 Å². The van der Waals surface area contributed by atoms with E-state index in [1.165, 1.54) is 5.56 Å². The van der Waals surface area contributed by atoms with Gasteiger partial charge in [0.05, 0.1) is 5.25 Å². The van der Waals surface area contributed by atoms with Gasteiger partial charge in [-0.2, -0.15) is 0 Å². The number of benzene rings is 1. The van der Waals surface area contributed by atoms with E-state index in [0.717, 1.165) is 19.3 Å². The first-order valence-corrected chi connectivity index (χ1v) is 8.19. The molecule has 0 aromatic heterocycles. The van der Waals surface area contributed by atoms with Crippen LogP contribution >= 0.6 is 0 Å². The summed E-state index contributed by atoms with van der Waals surface area (Å²) in [4.78, 5) is 0. The van der Waals surface area contributed by atoms with Crippen LogP contribution in [0.25, 0.3) is 0 Å². The molecule has 0 aliphatic rings. The van der Waals surface area contributed by atoms with Crippen LogP contribution < -0.4 is 5.32 Å². The van der Waals surface area contributed by atoms with Gasteiger partial charge in [0, 0.05) is 22.6 Å². The number of nitrogens with one attached hydrogen (secondary N) is 1. The maximum absolute atomic E-state index is 12.5. The lowest BCUT2D eigenvalue weighted by atomic mass is 10.1. The minimum absolute atomic E-state index is 0.246. The lowest BCUT2D eigenvalue weighted by molar-refractivity contribution is 0.480. The maximum atomic E-state index is 12.5. The maximum Gasteiger partial charge on any atom is 0.0501 e. The Morgan fingerprint density at radius 1 is 1.22 bits per heavy atom. The Labute approximate surface area is 114 Å². The highest BCUT2D eigenvalue weighted by molar-refractivity contribution is 7.84. The van der Waals surface area contributed by atoms with Gasteiger partial charge in [-0.05, 0) is 25.5 Å². The molecule has 1 aromatic carbocycles. The number of rotatable bonds is 8. The minimum atomic E-state index is -0.803. The van der Waals surface area contributed by atoms with Crippen molar-refractivity contribution in [3.05, 3.63) is 35.9 Å². The highest BCUT2D eigenvalue weighted by atomic mass is 32.2. The van der Waals surface area contributed by atoms with E-state index < -0.39 is 10.8 Å². The first-order chi connectivity index (χ1) is 8.72. The lowest BCUT2D eigenvalue weighted by Gasteiger charge is -2.25. The SMILES string of the molecule is CCCC(NC)C(CC)S(=O)Cc1ccccc1. The summed E-state index contributed by atoms with van der Waals surface area (Å²) < 4.78 is 12.5. The first-order valence-electron chi connectivity index (χ1n) is 6.81. The fourth-order valence-electron chi connectivity index (χ4n) is 2.33. The van der Waals surface area contributed by atoms with Crippen LogP contribution in [0.4, 0.5) is 0 Å². The van der Waals surface area contributed by atoms with Crippen molar-refractivity contribution in [1.82, 2.24) is 5.32 Å². The molecule has 1 N–H and O–H groups in total. The second-order valence-corrected chi connectivity index (χ2v) is 6.30. The predicted molar refractivity (Wildman–Crippen MR) is 80.1 cm³/mol. The molecular weight excluding hydrogens is 242 g/mol. The van der Waals surface area contributed by atoms with E-state index in [1.807, 2.05) is 25.2 Å². The molecule has 18 heavy (non-hydrogen) atoms. The molecule has 0 heterocycles. The molecule has 0 amide bonds. The van der Waals surface area contributed by atoms with Gasteiger partial charge in [0.15, 0.2) is 0 Å². The van der Waals surface area contributed by atoms with Gasteiger partial charge in [-0.15, -0.1) is 0 Å². The largest absolute Gasteiger partial charge is 0.316 e. The summed E-state index contributed by atoms with van der Waals surface area (Å²) >= 11 is 0. The van der Waals surface area contributed by atoms with Crippen LogP contribution in [-0.2, 0) is 16.6 Å². The van der Waals surface area contributed by atoms with E-state index in [0.29, 0.717) is 11.8 Å². The van der Waals surface area contributed by atoms with Gasteiger partial charge >= 0.3 is 0 Å². The van der Waals surface area contributed by atoms with Gasteiger partial charge in [-0.1, -0.05) is 50.6 Å². The second-order valence-electron chi connectivity index (χ2n) is 4.64. The summed E-state index contributed by atoms with van der Waals surface area (Å²) in [7, 11) is 1.17. The van der Waals surface area contributed by atoms with Gasteiger partial charge in [0.1, 0.15) is 0 Å². The fraction of sp³-hybridized carbons (Fsp3) is 0.600. The van der Waals surface area contributed by atoms with E-state index in [-0.39, 0.29) is 5.25 Å². The summed E-state index contributed by atoms with van der Waals surface area (Å²) in [6.07, 6.45) is 3.19. The molecule has 0 bridgehead atoms. The Bertz CT molecular complexity index is 353. The van der Waals surface area contributed by atoms with E-state index in [4.69, 9.17) is 0 Å². The molecular formula is C15H25NOS. The van der Waals surface area contributed by atoms with E-state index >= 15 is 0 Å². The number of hydrogen-bond donors (Lipinski definition) is 1. The first kappa shape index (κ1) is 15.4. The quantitative estimate of drug-likeness (QED) is 0.784. The minimum Gasteiger partial charge on any atom is -0.316 e. The lowest BCUT2D eigenvalue weighted by Crippen LogP contribution is -2.40. The Balaban J connectivity index is 2.67. The third-order valence-electron chi connectivity index (χ3n) is 3.31. The summed E-state index contributed by atoms with van der Waals surface area (Å²) in [6.45, 7) is 4.31. The molecule has 102 valence electrons. The van der Waals surface area contributed by atoms with Crippen molar-refractivity contribution in [3.8, 4) is 0 Å². The van der Waals surface area contributed by atoms with Gasteiger partial charge < -0.3 is 5.32 Å². The van der Waals surface area contributed by atoms with E-state index in [2.05, 4.69) is 31.3 Å². The van der Waals surface area contributed by atoms with Crippen molar-refractivity contribution in [2.24, 2.45) is 0 Å². The predicted octanol–water partition coefficient (Wildman–Crippen LogP) is 3.10. The van der Waals surface area contributed by atoms with Crippen molar-refractivity contribution in [2.75, 3.05) is 7.05 Å².